The summed E-state index contributed by atoms with van der Waals surface area (Å²) in [6, 6.07) is 1.63. The van der Waals surface area contributed by atoms with Crippen LogP contribution in [-0.4, -0.2) is 11.2 Å². The summed E-state index contributed by atoms with van der Waals surface area (Å²) >= 11 is 0. The quantitative estimate of drug-likeness (QED) is 0.381. The molecule has 1 N–H and O–H groups in total. The Balaban J connectivity index is 3.42. The van der Waals surface area contributed by atoms with Gasteiger partial charge in [0.2, 0.25) is 0 Å². The minimum absolute atomic E-state index is 0.926. The molecule has 0 heterocycles. The Hall–Kier alpha value is -0.810. The lowest BCUT2D eigenvalue weighted by Gasteiger charge is -1.83. The highest BCUT2D eigenvalue weighted by atomic mass is 16.3. The predicted molar refractivity (Wildman–Crippen MR) is 26.4 cm³/mol. The standard InChI is InChI=1S/C5H7NO/c1-2-3-5(7)4-6/h2-3,5,7H,1H3/b3-2+/t5-/m0/s1. The van der Waals surface area contributed by atoms with E-state index < -0.39 is 6.10 Å². The van der Waals surface area contributed by atoms with Crippen LogP contribution in [0.3, 0.4) is 0 Å². The molecule has 0 rings (SSSR count). The fourth-order valence-electron chi connectivity index (χ4n) is 0.225. The molecule has 2 nitrogen and oxygen atoms in total. The van der Waals surface area contributed by atoms with Crippen molar-refractivity contribution in [3.63, 3.8) is 0 Å². The Labute approximate surface area is 42.7 Å². The van der Waals surface area contributed by atoms with Crippen molar-refractivity contribution in [3.8, 4) is 6.07 Å². The van der Waals surface area contributed by atoms with E-state index in [9.17, 15) is 0 Å². The van der Waals surface area contributed by atoms with Gasteiger partial charge in [-0.2, -0.15) is 5.26 Å². The molecule has 0 unspecified atom stereocenters. The van der Waals surface area contributed by atoms with E-state index in [1.165, 1.54) is 6.08 Å². The van der Waals surface area contributed by atoms with E-state index in [-0.39, 0.29) is 0 Å². The molecule has 38 valence electrons. The van der Waals surface area contributed by atoms with Crippen molar-refractivity contribution < 1.29 is 5.11 Å². The van der Waals surface area contributed by atoms with E-state index in [1.54, 1.807) is 19.1 Å². The fourth-order valence-corrected chi connectivity index (χ4v) is 0.225. The Kier molecular flexibility index (Phi) is 2.99. The number of hydrogen-bond donors (Lipinski definition) is 1. The molecule has 0 bridgehead atoms. The molecule has 0 radical (unpaired) electrons. The van der Waals surface area contributed by atoms with Crippen molar-refractivity contribution in [1.29, 1.82) is 5.26 Å². The third-order valence-electron chi connectivity index (χ3n) is 0.507. The van der Waals surface area contributed by atoms with Crippen LogP contribution in [0.2, 0.25) is 0 Å². The van der Waals surface area contributed by atoms with Gasteiger partial charge in [0.25, 0.3) is 0 Å². The number of aliphatic hydroxyl groups is 1. The molecule has 0 aromatic carbocycles. The summed E-state index contributed by atoms with van der Waals surface area (Å²) in [7, 11) is 0. The van der Waals surface area contributed by atoms with E-state index in [4.69, 9.17) is 10.4 Å². The second-order valence-corrected chi connectivity index (χ2v) is 1.10. The highest BCUT2D eigenvalue weighted by molar-refractivity contribution is 4.98. The summed E-state index contributed by atoms with van der Waals surface area (Å²) in [6.45, 7) is 1.75. The molecule has 0 aromatic rings. The minimum atomic E-state index is -0.926. The van der Waals surface area contributed by atoms with Crippen LogP contribution in [0.5, 0.6) is 0 Å². The molecule has 0 aliphatic heterocycles. The highest BCUT2D eigenvalue weighted by Gasteiger charge is 1.87. The van der Waals surface area contributed by atoms with E-state index in [0.29, 0.717) is 0 Å². The zero-order chi connectivity index (χ0) is 5.70. The third-order valence-corrected chi connectivity index (χ3v) is 0.507. The third kappa shape index (κ3) is 3.01. The zero-order valence-corrected chi connectivity index (χ0v) is 4.13. The lowest BCUT2D eigenvalue weighted by molar-refractivity contribution is 0.278. The van der Waals surface area contributed by atoms with Crippen LogP contribution in [-0.2, 0) is 0 Å². The molecule has 0 saturated carbocycles. The second-order valence-electron chi connectivity index (χ2n) is 1.10. The highest BCUT2D eigenvalue weighted by Crippen LogP contribution is 1.79. The lowest BCUT2D eigenvalue weighted by Crippen LogP contribution is -1.94. The molecule has 0 aliphatic rings. The number of nitrogens with zero attached hydrogens (tertiary/aromatic N) is 1. The van der Waals surface area contributed by atoms with E-state index >= 15 is 0 Å². The molecule has 0 aromatic heterocycles. The van der Waals surface area contributed by atoms with Crippen LogP contribution in [0.1, 0.15) is 6.92 Å². The normalized spacial score (nSPS) is 13.9. The van der Waals surface area contributed by atoms with Gasteiger partial charge < -0.3 is 5.11 Å². The SMILES string of the molecule is C/C=C/[C@H](O)C#N. The van der Waals surface area contributed by atoms with Crippen molar-refractivity contribution in [2.45, 2.75) is 13.0 Å². The van der Waals surface area contributed by atoms with Crippen molar-refractivity contribution in [3.05, 3.63) is 12.2 Å². The van der Waals surface area contributed by atoms with Crippen LogP contribution in [0.25, 0.3) is 0 Å². The van der Waals surface area contributed by atoms with Gasteiger partial charge in [0, 0.05) is 0 Å². The summed E-state index contributed by atoms with van der Waals surface area (Å²) in [5.74, 6) is 0. The van der Waals surface area contributed by atoms with Crippen LogP contribution >= 0.6 is 0 Å². The van der Waals surface area contributed by atoms with E-state index in [2.05, 4.69) is 0 Å². The van der Waals surface area contributed by atoms with Crippen LogP contribution in [0.4, 0.5) is 0 Å². The van der Waals surface area contributed by atoms with E-state index in [1.807, 2.05) is 0 Å². The molecule has 0 spiro atoms. The van der Waals surface area contributed by atoms with Gasteiger partial charge >= 0.3 is 0 Å². The Morgan fingerprint density at radius 1 is 1.86 bits per heavy atom. The summed E-state index contributed by atoms with van der Waals surface area (Å²) in [4.78, 5) is 0. The number of aliphatic hydroxyl groups excluding tert-OH is 1. The van der Waals surface area contributed by atoms with Crippen molar-refractivity contribution in [1.82, 2.24) is 0 Å². The first kappa shape index (κ1) is 6.19. The van der Waals surface area contributed by atoms with Gasteiger partial charge in [-0.15, -0.1) is 0 Å². The maximum atomic E-state index is 8.41. The Morgan fingerprint density at radius 3 is 2.57 bits per heavy atom. The summed E-state index contributed by atoms with van der Waals surface area (Å²) < 4.78 is 0. The van der Waals surface area contributed by atoms with Crippen LogP contribution < -0.4 is 0 Å². The van der Waals surface area contributed by atoms with Gasteiger partial charge in [-0.05, 0) is 13.0 Å². The zero-order valence-electron chi connectivity index (χ0n) is 4.13. The first-order valence-corrected chi connectivity index (χ1v) is 2.01. The topological polar surface area (TPSA) is 44.0 Å². The first-order valence-electron chi connectivity index (χ1n) is 2.01. The molecular weight excluding hydrogens is 90.1 g/mol. The molecule has 2 heteroatoms. The van der Waals surface area contributed by atoms with Gasteiger partial charge in [-0.25, -0.2) is 0 Å². The largest absolute Gasteiger partial charge is 0.374 e. The monoisotopic (exact) mass is 97.1 g/mol. The first-order chi connectivity index (χ1) is 3.31. The fraction of sp³-hybridized carbons (Fsp3) is 0.400. The molecule has 0 aliphatic carbocycles. The number of hydrogen-bond acceptors (Lipinski definition) is 2. The Bertz CT molecular complexity index is 101. The van der Waals surface area contributed by atoms with Crippen LogP contribution in [0.15, 0.2) is 12.2 Å². The van der Waals surface area contributed by atoms with Crippen molar-refractivity contribution >= 4 is 0 Å². The maximum absolute atomic E-state index is 8.41. The summed E-state index contributed by atoms with van der Waals surface area (Å²) in [5, 5.41) is 16.3. The molecule has 0 saturated heterocycles. The van der Waals surface area contributed by atoms with Crippen molar-refractivity contribution in [2.75, 3.05) is 0 Å². The molecule has 7 heavy (non-hydrogen) atoms. The summed E-state index contributed by atoms with van der Waals surface area (Å²) in [5.41, 5.74) is 0. The lowest BCUT2D eigenvalue weighted by atomic mass is 10.4. The van der Waals surface area contributed by atoms with Gasteiger partial charge in [0.05, 0.1) is 6.07 Å². The van der Waals surface area contributed by atoms with Crippen molar-refractivity contribution in [2.24, 2.45) is 0 Å². The number of allylic oxidation sites excluding steroid dienone is 1. The predicted octanol–water partition coefficient (Wildman–Crippen LogP) is 0.447. The smallest absolute Gasteiger partial charge is 0.159 e. The minimum Gasteiger partial charge on any atom is -0.374 e. The van der Waals surface area contributed by atoms with Gasteiger partial charge in [-0.3, -0.25) is 0 Å². The number of nitriles is 1. The van der Waals surface area contributed by atoms with Crippen LogP contribution in [0, 0.1) is 11.3 Å². The molecule has 0 fully saturated rings. The van der Waals surface area contributed by atoms with Gasteiger partial charge in [0.1, 0.15) is 0 Å². The number of rotatable bonds is 1. The molecule has 1 atom stereocenters. The average Bonchev–Trinajstić information content (AvgIpc) is 1.68. The Morgan fingerprint density at radius 2 is 2.43 bits per heavy atom. The van der Waals surface area contributed by atoms with E-state index in [0.717, 1.165) is 0 Å². The second kappa shape index (κ2) is 3.38. The molecular formula is C5H7NO. The van der Waals surface area contributed by atoms with Gasteiger partial charge in [0.15, 0.2) is 6.10 Å². The molecule has 0 amide bonds. The maximum Gasteiger partial charge on any atom is 0.159 e. The summed E-state index contributed by atoms with van der Waals surface area (Å²) in [6.07, 6.45) is 2.12. The van der Waals surface area contributed by atoms with Gasteiger partial charge in [-0.1, -0.05) is 6.08 Å². The average molecular weight is 97.1 g/mol.